The maximum atomic E-state index is 12.8. The number of fused-ring (bicyclic) bond motifs is 1. The summed E-state index contributed by atoms with van der Waals surface area (Å²) in [7, 11) is 0. The van der Waals surface area contributed by atoms with Gasteiger partial charge in [-0.15, -0.1) is 0 Å². The predicted molar refractivity (Wildman–Crippen MR) is 117 cm³/mol. The Labute approximate surface area is 169 Å². The Hall–Kier alpha value is -3.79. The van der Waals surface area contributed by atoms with E-state index in [0.717, 1.165) is 21.9 Å². The van der Waals surface area contributed by atoms with E-state index in [1.165, 1.54) is 0 Å². The molecule has 0 aliphatic carbocycles. The Morgan fingerprint density at radius 2 is 1.52 bits per heavy atom. The first-order chi connectivity index (χ1) is 14.1. The van der Waals surface area contributed by atoms with E-state index in [0.29, 0.717) is 11.3 Å². The minimum absolute atomic E-state index is 0.146. The fourth-order valence-electron chi connectivity index (χ4n) is 3.49. The van der Waals surface area contributed by atoms with E-state index >= 15 is 0 Å². The molecular formula is C25H22N2O2. The zero-order valence-electron chi connectivity index (χ0n) is 16.1. The number of benzene rings is 4. The van der Waals surface area contributed by atoms with Crippen LogP contribution in [-0.4, -0.2) is 11.1 Å². The van der Waals surface area contributed by atoms with Gasteiger partial charge in [0.25, 0.3) is 0 Å². The third kappa shape index (κ3) is 4.06. The summed E-state index contributed by atoms with van der Waals surface area (Å²) in [5.41, 5.74) is 3.40. The fourth-order valence-corrected chi connectivity index (χ4v) is 3.49. The van der Waals surface area contributed by atoms with Crippen molar-refractivity contribution in [3.63, 3.8) is 0 Å². The average Bonchev–Trinajstić information content (AvgIpc) is 2.75. The molecule has 4 nitrogen and oxygen atoms in total. The summed E-state index contributed by atoms with van der Waals surface area (Å²) in [4.78, 5) is 12.8. The van der Waals surface area contributed by atoms with Crippen LogP contribution in [0, 0.1) is 6.92 Å². The normalized spacial score (nSPS) is 11.8. The van der Waals surface area contributed by atoms with Crippen molar-refractivity contribution in [3.8, 4) is 5.75 Å². The Balaban J connectivity index is 1.73. The van der Waals surface area contributed by atoms with Crippen LogP contribution in [0.15, 0.2) is 91.0 Å². The van der Waals surface area contributed by atoms with Crippen LogP contribution in [0.2, 0.25) is 0 Å². The van der Waals surface area contributed by atoms with E-state index in [1.807, 2.05) is 91.9 Å². The lowest BCUT2D eigenvalue weighted by Crippen LogP contribution is -2.33. The quantitative estimate of drug-likeness (QED) is 0.420. The van der Waals surface area contributed by atoms with Crippen LogP contribution in [0.5, 0.6) is 5.75 Å². The smallest absolute Gasteiger partial charge is 0.319 e. The van der Waals surface area contributed by atoms with E-state index in [2.05, 4.69) is 10.6 Å². The third-order valence-corrected chi connectivity index (χ3v) is 4.95. The van der Waals surface area contributed by atoms with Crippen molar-refractivity contribution in [2.45, 2.75) is 13.0 Å². The molecule has 0 bridgehead atoms. The Morgan fingerprint density at radius 1 is 0.828 bits per heavy atom. The van der Waals surface area contributed by atoms with Crippen LogP contribution < -0.4 is 10.6 Å². The summed E-state index contributed by atoms with van der Waals surface area (Å²) >= 11 is 0. The number of aryl methyl sites for hydroxylation is 1. The SMILES string of the molecule is Cc1ccc(NC(=O)NC(c2ccccc2)c2c(O)ccc3ccccc23)cc1. The molecule has 1 unspecified atom stereocenters. The van der Waals surface area contributed by atoms with Gasteiger partial charge in [-0.05, 0) is 41.5 Å². The first kappa shape index (κ1) is 18.6. The Bertz CT molecular complexity index is 1140. The monoisotopic (exact) mass is 382 g/mol. The molecule has 0 fully saturated rings. The largest absolute Gasteiger partial charge is 0.508 e. The van der Waals surface area contributed by atoms with Gasteiger partial charge in [-0.3, -0.25) is 0 Å². The van der Waals surface area contributed by atoms with Crippen LogP contribution >= 0.6 is 0 Å². The van der Waals surface area contributed by atoms with Crippen molar-refractivity contribution in [2.24, 2.45) is 0 Å². The number of anilines is 1. The molecule has 3 N–H and O–H groups in total. The lowest BCUT2D eigenvalue weighted by atomic mass is 9.93. The van der Waals surface area contributed by atoms with Gasteiger partial charge in [0.2, 0.25) is 0 Å². The summed E-state index contributed by atoms with van der Waals surface area (Å²) in [6.07, 6.45) is 0. The molecule has 0 spiro atoms. The van der Waals surface area contributed by atoms with Crippen molar-refractivity contribution >= 4 is 22.5 Å². The standard InChI is InChI=1S/C25H22N2O2/c1-17-11-14-20(15-12-17)26-25(29)27-24(19-8-3-2-4-9-19)23-21-10-6-5-7-18(21)13-16-22(23)28/h2-16,24,28H,1H3,(H2,26,27,29). The van der Waals surface area contributed by atoms with Crippen LogP contribution in [0.3, 0.4) is 0 Å². The predicted octanol–water partition coefficient (Wildman–Crippen LogP) is 5.76. The third-order valence-electron chi connectivity index (χ3n) is 4.95. The average molecular weight is 382 g/mol. The Kier molecular flexibility index (Phi) is 5.16. The highest BCUT2D eigenvalue weighted by Crippen LogP contribution is 2.35. The number of hydrogen-bond acceptors (Lipinski definition) is 2. The highest BCUT2D eigenvalue weighted by molar-refractivity contribution is 5.92. The first-order valence-corrected chi connectivity index (χ1v) is 9.51. The zero-order chi connectivity index (χ0) is 20.2. The van der Waals surface area contributed by atoms with Gasteiger partial charge in [0.15, 0.2) is 0 Å². The van der Waals surface area contributed by atoms with E-state index in [9.17, 15) is 9.90 Å². The van der Waals surface area contributed by atoms with Crippen LogP contribution in [-0.2, 0) is 0 Å². The van der Waals surface area contributed by atoms with Crippen molar-refractivity contribution < 1.29 is 9.90 Å². The number of rotatable bonds is 4. The van der Waals surface area contributed by atoms with Crippen molar-refractivity contribution in [1.82, 2.24) is 5.32 Å². The molecule has 144 valence electrons. The molecule has 2 amide bonds. The maximum Gasteiger partial charge on any atom is 0.319 e. The van der Waals surface area contributed by atoms with Gasteiger partial charge >= 0.3 is 6.03 Å². The van der Waals surface area contributed by atoms with Crippen molar-refractivity contribution in [1.29, 1.82) is 0 Å². The molecule has 4 heteroatoms. The van der Waals surface area contributed by atoms with E-state index in [4.69, 9.17) is 0 Å². The van der Waals surface area contributed by atoms with Crippen LogP contribution in [0.25, 0.3) is 10.8 Å². The van der Waals surface area contributed by atoms with Gasteiger partial charge in [0, 0.05) is 11.3 Å². The minimum atomic E-state index is -0.507. The van der Waals surface area contributed by atoms with Crippen LogP contribution in [0.4, 0.5) is 10.5 Å². The molecule has 0 heterocycles. The maximum absolute atomic E-state index is 12.8. The number of aromatic hydroxyl groups is 1. The molecule has 1 atom stereocenters. The van der Waals surface area contributed by atoms with E-state index < -0.39 is 6.04 Å². The number of nitrogens with one attached hydrogen (secondary N) is 2. The lowest BCUT2D eigenvalue weighted by Gasteiger charge is -2.23. The summed E-state index contributed by atoms with van der Waals surface area (Å²) in [6, 6.07) is 27.8. The molecule has 0 aliphatic rings. The highest BCUT2D eigenvalue weighted by atomic mass is 16.3. The number of carbonyl (C=O) groups excluding carboxylic acids is 1. The second-order valence-corrected chi connectivity index (χ2v) is 7.03. The highest BCUT2D eigenvalue weighted by Gasteiger charge is 2.22. The summed E-state index contributed by atoms with van der Waals surface area (Å²) in [5, 5.41) is 18.5. The fraction of sp³-hybridized carbons (Fsp3) is 0.0800. The minimum Gasteiger partial charge on any atom is -0.508 e. The van der Waals surface area contributed by atoms with Crippen molar-refractivity contribution in [2.75, 3.05) is 5.32 Å². The molecule has 0 aromatic heterocycles. The molecular weight excluding hydrogens is 360 g/mol. The second-order valence-electron chi connectivity index (χ2n) is 7.03. The molecule has 0 radical (unpaired) electrons. The number of phenolic OH excluding ortho intramolecular Hbond substituents is 1. The van der Waals surface area contributed by atoms with E-state index in [1.54, 1.807) is 6.07 Å². The number of phenols is 1. The van der Waals surface area contributed by atoms with Gasteiger partial charge in [-0.2, -0.15) is 0 Å². The molecule has 0 saturated heterocycles. The molecule has 4 rings (SSSR count). The number of amides is 2. The van der Waals surface area contributed by atoms with Gasteiger partial charge in [-0.25, -0.2) is 4.79 Å². The van der Waals surface area contributed by atoms with Crippen molar-refractivity contribution in [3.05, 3.63) is 108 Å². The molecule has 0 aliphatic heterocycles. The zero-order valence-corrected chi connectivity index (χ0v) is 16.1. The van der Waals surface area contributed by atoms with Crippen LogP contribution in [0.1, 0.15) is 22.7 Å². The van der Waals surface area contributed by atoms with E-state index in [-0.39, 0.29) is 11.8 Å². The van der Waals surface area contributed by atoms with Gasteiger partial charge in [0.1, 0.15) is 5.75 Å². The summed E-state index contributed by atoms with van der Waals surface area (Å²) < 4.78 is 0. The van der Waals surface area contributed by atoms with Gasteiger partial charge < -0.3 is 15.7 Å². The number of carbonyl (C=O) groups is 1. The Morgan fingerprint density at radius 3 is 2.28 bits per heavy atom. The molecule has 4 aromatic carbocycles. The van der Waals surface area contributed by atoms with Gasteiger partial charge in [0.05, 0.1) is 6.04 Å². The molecule has 0 saturated carbocycles. The number of urea groups is 1. The van der Waals surface area contributed by atoms with Gasteiger partial charge in [-0.1, -0.05) is 78.4 Å². The topological polar surface area (TPSA) is 61.4 Å². The summed E-state index contributed by atoms with van der Waals surface area (Å²) in [6.45, 7) is 2.00. The molecule has 4 aromatic rings. The lowest BCUT2D eigenvalue weighted by molar-refractivity contribution is 0.250. The number of hydrogen-bond donors (Lipinski definition) is 3. The summed E-state index contributed by atoms with van der Waals surface area (Å²) in [5.74, 6) is 0.146. The first-order valence-electron chi connectivity index (χ1n) is 9.51. The molecule has 29 heavy (non-hydrogen) atoms. The second kappa shape index (κ2) is 8.07.